The minimum absolute atomic E-state index is 0.0630. The van der Waals surface area contributed by atoms with Crippen molar-refractivity contribution in [3.05, 3.63) is 77.2 Å². The topological polar surface area (TPSA) is 113 Å². The van der Waals surface area contributed by atoms with Gasteiger partial charge in [0.05, 0.1) is 34.0 Å². The van der Waals surface area contributed by atoms with E-state index in [9.17, 15) is 18.0 Å². The molecule has 0 spiro atoms. The fourth-order valence-corrected chi connectivity index (χ4v) is 6.89. The van der Waals surface area contributed by atoms with Crippen molar-refractivity contribution in [2.45, 2.75) is 18.4 Å². The van der Waals surface area contributed by atoms with Crippen LogP contribution in [0.1, 0.15) is 23.0 Å². The zero-order valence-corrected chi connectivity index (χ0v) is 23.3. The predicted octanol–water partition coefficient (Wildman–Crippen LogP) is 4.85. The number of thiazole rings is 1. The van der Waals surface area contributed by atoms with Crippen LogP contribution in [0.15, 0.2) is 70.2 Å². The average Bonchev–Trinajstić information content (AvgIpc) is 3.62. The molecule has 4 aromatic rings. The van der Waals surface area contributed by atoms with Crippen LogP contribution in [-0.4, -0.2) is 67.4 Å². The summed E-state index contributed by atoms with van der Waals surface area (Å²) in [4.78, 5) is 33.2. The minimum atomic E-state index is -3.81. The van der Waals surface area contributed by atoms with Gasteiger partial charge in [-0.1, -0.05) is 29.0 Å². The van der Waals surface area contributed by atoms with Crippen molar-refractivity contribution in [1.82, 2.24) is 14.2 Å². The fourth-order valence-electron chi connectivity index (χ4n) is 4.20. The average molecular weight is 589 g/mol. The van der Waals surface area contributed by atoms with Gasteiger partial charge >= 0.3 is 6.09 Å². The number of hydrogen-bond acceptors (Lipinski definition) is 8. The summed E-state index contributed by atoms with van der Waals surface area (Å²) in [6.07, 6.45) is 1.08. The Balaban J connectivity index is 1.36. The SMILES string of the molecule is CCOC(=O)N1CCN(S(=O)(=O)c2ccc(C(=O)N(Cc3ccco3)c3nc4c(Cl)cccc4s3)cc2)CC1. The first-order valence-corrected chi connectivity index (χ1v) is 14.8. The molecule has 1 aliphatic rings. The van der Waals surface area contributed by atoms with Crippen LogP contribution < -0.4 is 4.90 Å². The van der Waals surface area contributed by atoms with Gasteiger partial charge in [-0.25, -0.2) is 18.2 Å². The van der Waals surface area contributed by atoms with Gasteiger partial charge in [0.25, 0.3) is 5.91 Å². The molecule has 10 nitrogen and oxygen atoms in total. The lowest BCUT2D eigenvalue weighted by Crippen LogP contribution is -2.50. The van der Waals surface area contributed by atoms with E-state index in [-0.39, 0.29) is 55.7 Å². The minimum Gasteiger partial charge on any atom is -0.467 e. The third-order valence-electron chi connectivity index (χ3n) is 6.23. The van der Waals surface area contributed by atoms with Crippen molar-refractivity contribution in [2.75, 3.05) is 37.7 Å². The highest BCUT2D eigenvalue weighted by Crippen LogP contribution is 2.34. The Labute approximate surface area is 234 Å². The van der Waals surface area contributed by atoms with Crippen LogP contribution in [0.4, 0.5) is 9.93 Å². The lowest BCUT2D eigenvalue weighted by molar-refractivity contribution is 0.0933. The molecule has 39 heavy (non-hydrogen) atoms. The molecule has 3 heterocycles. The molecule has 1 aliphatic heterocycles. The molecule has 5 rings (SSSR count). The van der Waals surface area contributed by atoms with Crippen LogP contribution >= 0.6 is 22.9 Å². The Morgan fingerprint density at radius 1 is 1.08 bits per heavy atom. The first-order valence-electron chi connectivity index (χ1n) is 12.2. The second-order valence-corrected chi connectivity index (χ2v) is 12.0. The van der Waals surface area contributed by atoms with Gasteiger partial charge in [-0.2, -0.15) is 4.31 Å². The number of amides is 2. The van der Waals surface area contributed by atoms with Gasteiger partial charge in [0, 0.05) is 31.7 Å². The normalized spacial score (nSPS) is 14.5. The smallest absolute Gasteiger partial charge is 0.409 e. The summed E-state index contributed by atoms with van der Waals surface area (Å²) in [5.41, 5.74) is 0.888. The number of piperazine rings is 1. The summed E-state index contributed by atoms with van der Waals surface area (Å²) in [7, 11) is -3.81. The summed E-state index contributed by atoms with van der Waals surface area (Å²) in [5.74, 6) is 0.198. The van der Waals surface area contributed by atoms with E-state index < -0.39 is 16.1 Å². The zero-order valence-electron chi connectivity index (χ0n) is 20.9. The molecule has 2 aromatic carbocycles. The van der Waals surface area contributed by atoms with E-state index >= 15 is 0 Å². The maximum atomic E-state index is 13.7. The van der Waals surface area contributed by atoms with Crippen molar-refractivity contribution >= 4 is 60.3 Å². The number of carbonyl (C=O) groups excluding carboxylic acids is 2. The number of hydrogen-bond donors (Lipinski definition) is 0. The van der Waals surface area contributed by atoms with Crippen LogP contribution in [0.2, 0.25) is 5.02 Å². The number of ether oxygens (including phenoxy) is 1. The van der Waals surface area contributed by atoms with Crippen LogP contribution in [-0.2, 0) is 21.3 Å². The van der Waals surface area contributed by atoms with E-state index in [1.165, 1.54) is 56.0 Å². The number of furan rings is 1. The number of anilines is 1. The number of carbonyl (C=O) groups is 2. The standard InChI is InChI=1S/C26H25ClN4O6S2/c1-2-36-26(33)29-12-14-30(15-13-29)39(34,35)20-10-8-18(9-11-20)24(32)31(17-19-5-4-16-37-19)25-28-23-21(27)6-3-7-22(23)38-25/h3-11,16H,2,12-15,17H2,1H3. The van der Waals surface area contributed by atoms with E-state index in [0.717, 1.165) is 4.70 Å². The molecule has 2 aromatic heterocycles. The summed E-state index contributed by atoms with van der Waals surface area (Å²) < 4.78 is 39.1. The van der Waals surface area contributed by atoms with Crippen molar-refractivity contribution < 1.29 is 27.2 Å². The fraction of sp³-hybridized carbons (Fsp3) is 0.269. The van der Waals surface area contributed by atoms with E-state index in [1.54, 1.807) is 25.1 Å². The monoisotopic (exact) mass is 588 g/mol. The largest absolute Gasteiger partial charge is 0.467 e. The molecule has 0 atom stereocenters. The Bertz CT molecular complexity index is 1580. The predicted molar refractivity (Wildman–Crippen MR) is 148 cm³/mol. The van der Waals surface area contributed by atoms with Crippen LogP contribution in [0, 0.1) is 0 Å². The van der Waals surface area contributed by atoms with Gasteiger partial charge in [0.2, 0.25) is 10.0 Å². The summed E-state index contributed by atoms with van der Waals surface area (Å²) in [6.45, 7) is 2.89. The molecule has 1 fully saturated rings. The van der Waals surface area contributed by atoms with Gasteiger partial charge in [-0.05, 0) is 55.5 Å². The molecule has 0 unspecified atom stereocenters. The molecule has 0 radical (unpaired) electrons. The van der Waals surface area contributed by atoms with Gasteiger partial charge in [0.15, 0.2) is 5.13 Å². The maximum absolute atomic E-state index is 13.7. The summed E-state index contributed by atoms with van der Waals surface area (Å²) in [6, 6.07) is 14.7. The molecule has 13 heteroatoms. The van der Waals surface area contributed by atoms with Crippen molar-refractivity contribution in [3.63, 3.8) is 0 Å². The summed E-state index contributed by atoms with van der Waals surface area (Å²) >= 11 is 7.64. The number of sulfonamides is 1. The van der Waals surface area contributed by atoms with Gasteiger partial charge in [-0.15, -0.1) is 0 Å². The quantitative estimate of drug-likeness (QED) is 0.303. The molecule has 0 bridgehead atoms. The third kappa shape index (κ3) is 5.64. The number of benzene rings is 2. The molecule has 1 saturated heterocycles. The number of rotatable bonds is 7. The maximum Gasteiger partial charge on any atom is 0.409 e. The number of fused-ring (bicyclic) bond motifs is 1. The second kappa shape index (κ2) is 11.3. The molecular formula is C26H25ClN4O6S2. The van der Waals surface area contributed by atoms with Crippen LogP contribution in [0.25, 0.3) is 10.2 Å². The van der Waals surface area contributed by atoms with E-state index in [0.29, 0.717) is 21.4 Å². The Kier molecular flexibility index (Phi) is 7.89. The number of nitrogens with zero attached hydrogens (tertiary/aromatic N) is 4. The molecule has 204 valence electrons. The number of aromatic nitrogens is 1. The first kappa shape index (κ1) is 27.1. The Morgan fingerprint density at radius 2 is 1.82 bits per heavy atom. The molecule has 0 aliphatic carbocycles. The molecule has 0 N–H and O–H groups in total. The van der Waals surface area contributed by atoms with E-state index in [2.05, 4.69) is 4.98 Å². The Hall–Kier alpha value is -3.45. The summed E-state index contributed by atoms with van der Waals surface area (Å²) in [5, 5.41) is 0.925. The highest BCUT2D eigenvalue weighted by molar-refractivity contribution is 7.89. The second-order valence-electron chi connectivity index (χ2n) is 8.67. The number of para-hydroxylation sites is 1. The lowest BCUT2D eigenvalue weighted by atomic mass is 10.2. The third-order valence-corrected chi connectivity index (χ3v) is 9.49. The molecule has 2 amide bonds. The number of halogens is 1. The van der Waals surface area contributed by atoms with Gasteiger partial charge in [0.1, 0.15) is 11.3 Å². The highest BCUT2D eigenvalue weighted by Gasteiger charge is 2.31. The first-order chi connectivity index (χ1) is 18.8. The van der Waals surface area contributed by atoms with Crippen LogP contribution in [0.5, 0.6) is 0 Å². The van der Waals surface area contributed by atoms with Gasteiger partial charge in [-0.3, -0.25) is 9.69 Å². The highest BCUT2D eigenvalue weighted by atomic mass is 35.5. The lowest BCUT2D eigenvalue weighted by Gasteiger charge is -2.33. The zero-order chi connectivity index (χ0) is 27.6. The molecule has 0 saturated carbocycles. The Morgan fingerprint density at radius 3 is 2.46 bits per heavy atom. The molecular weight excluding hydrogens is 564 g/mol. The van der Waals surface area contributed by atoms with E-state index in [1.807, 2.05) is 12.1 Å². The van der Waals surface area contributed by atoms with Crippen LogP contribution in [0.3, 0.4) is 0 Å². The van der Waals surface area contributed by atoms with Crippen molar-refractivity contribution in [1.29, 1.82) is 0 Å². The van der Waals surface area contributed by atoms with Crippen molar-refractivity contribution in [2.24, 2.45) is 0 Å². The van der Waals surface area contributed by atoms with E-state index in [4.69, 9.17) is 20.8 Å². The van der Waals surface area contributed by atoms with Gasteiger partial charge < -0.3 is 14.1 Å². The van der Waals surface area contributed by atoms with Crippen molar-refractivity contribution in [3.8, 4) is 0 Å².